The minimum absolute atomic E-state index is 0.0946. The van der Waals surface area contributed by atoms with Crippen LogP contribution in [0.5, 0.6) is 11.5 Å². The molecular formula is C27H27N5O3S. The van der Waals surface area contributed by atoms with Crippen molar-refractivity contribution in [3.63, 3.8) is 0 Å². The second kappa shape index (κ2) is 9.40. The molecule has 0 spiro atoms. The molecule has 1 unspecified atom stereocenters. The highest BCUT2D eigenvalue weighted by atomic mass is 32.2. The van der Waals surface area contributed by atoms with Crippen molar-refractivity contribution >= 4 is 29.4 Å². The van der Waals surface area contributed by atoms with Crippen molar-refractivity contribution in [3.8, 4) is 11.5 Å². The number of amides is 3. The molecule has 9 heteroatoms. The highest BCUT2D eigenvalue weighted by Crippen LogP contribution is 2.46. The van der Waals surface area contributed by atoms with Crippen molar-refractivity contribution in [3.05, 3.63) is 88.2 Å². The molecule has 6 rings (SSSR count). The summed E-state index contributed by atoms with van der Waals surface area (Å²) in [6.45, 7) is 3.70. The summed E-state index contributed by atoms with van der Waals surface area (Å²) in [6.07, 6.45) is 5.72. The largest absolute Gasteiger partial charge is 0.457 e. The molecule has 2 atom stereocenters. The summed E-state index contributed by atoms with van der Waals surface area (Å²) in [5.41, 5.74) is 3.94. The first-order valence-electron chi connectivity index (χ1n) is 12.1. The van der Waals surface area contributed by atoms with Gasteiger partial charge in [-0.3, -0.25) is 9.69 Å². The Hall–Kier alpha value is -3.69. The number of nitrogens with zero attached hydrogens (tertiary/aromatic N) is 1. The number of anilines is 1. The summed E-state index contributed by atoms with van der Waals surface area (Å²) >= 11 is 1.44. The van der Waals surface area contributed by atoms with Crippen LogP contribution in [0, 0.1) is 6.92 Å². The maximum Gasteiger partial charge on any atom is 0.331 e. The second-order valence-corrected chi connectivity index (χ2v) is 10.3. The molecule has 0 radical (unpaired) electrons. The molecule has 4 N–H and O–H groups in total. The van der Waals surface area contributed by atoms with Crippen LogP contribution in [0.1, 0.15) is 18.4 Å². The lowest BCUT2D eigenvalue weighted by Crippen LogP contribution is -2.48. The number of hydrogen-bond donors (Lipinski definition) is 4. The fraction of sp³-hybridized carbons (Fsp3) is 0.259. The zero-order valence-electron chi connectivity index (χ0n) is 19.8. The molecule has 3 amide bonds. The first kappa shape index (κ1) is 22.8. The van der Waals surface area contributed by atoms with E-state index in [2.05, 4.69) is 21.3 Å². The number of ether oxygens (including phenoxy) is 1. The molecule has 8 nitrogen and oxygen atoms in total. The predicted octanol–water partition coefficient (Wildman–Crippen LogP) is 3.84. The number of aryl methyl sites for hydroxylation is 1. The number of dihydropyridines is 1. The third-order valence-corrected chi connectivity index (χ3v) is 7.89. The van der Waals surface area contributed by atoms with E-state index in [0.29, 0.717) is 16.4 Å². The standard InChI is InChI=1S/C27H27N5O3S/c1-16-14-19(35-18-7-3-2-4-8-18)9-10-20(16)32-21-11-13-29-26-22(21)23(31-27(32)34)24(36-26)25(33)30-17-6-5-12-28-15-17/h2-4,7-11,13-14,17,26,28-29H,5-6,12,15H2,1H3,(H,30,33)(H,31,34)/t17-,26?/m1/s1. The van der Waals surface area contributed by atoms with Crippen LogP contribution in [0.25, 0.3) is 0 Å². The van der Waals surface area contributed by atoms with Gasteiger partial charge < -0.3 is 26.0 Å². The van der Waals surface area contributed by atoms with E-state index >= 15 is 0 Å². The molecule has 1 fully saturated rings. The van der Waals surface area contributed by atoms with Crippen LogP contribution in [0.2, 0.25) is 0 Å². The number of piperidine rings is 1. The number of urea groups is 1. The maximum absolute atomic E-state index is 13.4. The van der Waals surface area contributed by atoms with Gasteiger partial charge in [0, 0.05) is 18.2 Å². The zero-order valence-corrected chi connectivity index (χ0v) is 20.7. The second-order valence-electron chi connectivity index (χ2n) is 9.15. The van der Waals surface area contributed by atoms with Gasteiger partial charge in [0.05, 0.1) is 22.0 Å². The van der Waals surface area contributed by atoms with Gasteiger partial charge >= 0.3 is 6.03 Å². The Morgan fingerprint density at radius 1 is 1.17 bits per heavy atom. The number of carbonyl (C=O) groups is 2. The average molecular weight is 502 g/mol. The van der Waals surface area contributed by atoms with E-state index in [9.17, 15) is 9.59 Å². The van der Waals surface area contributed by atoms with Crippen LogP contribution in [-0.4, -0.2) is 36.4 Å². The summed E-state index contributed by atoms with van der Waals surface area (Å²) < 4.78 is 5.97. The highest BCUT2D eigenvalue weighted by molar-refractivity contribution is 8.05. The summed E-state index contributed by atoms with van der Waals surface area (Å²) in [5.74, 6) is 1.31. The maximum atomic E-state index is 13.4. The molecule has 36 heavy (non-hydrogen) atoms. The van der Waals surface area contributed by atoms with E-state index in [1.54, 1.807) is 4.90 Å². The van der Waals surface area contributed by atoms with Gasteiger partial charge in [-0.25, -0.2) is 4.79 Å². The normalized spacial score (nSPS) is 22.7. The van der Waals surface area contributed by atoms with Gasteiger partial charge in [-0.05, 0) is 74.5 Å². The summed E-state index contributed by atoms with van der Waals surface area (Å²) in [5, 5.41) is 12.7. The Bertz CT molecular complexity index is 1310. The molecule has 0 saturated carbocycles. The molecule has 1 saturated heterocycles. The van der Waals surface area contributed by atoms with Crippen LogP contribution in [0.4, 0.5) is 10.5 Å². The van der Waals surface area contributed by atoms with Gasteiger partial charge in [0.1, 0.15) is 16.9 Å². The first-order chi connectivity index (χ1) is 17.6. The third-order valence-electron chi connectivity index (χ3n) is 6.66. The Balaban J connectivity index is 1.31. The number of allylic oxidation sites excluding steroid dienone is 1. The number of nitrogens with one attached hydrogen (secondary N) is 4. The van der Waals surface area contributed by atoms with Crippen molar-refractivity contribution in [1.29, 1.82) is 0 Å². The zero-order chi connectivity index (χ0) is 24.6. The van der Waals surface area contributed by atoms with Gasteiger partial charge in [-0.2, -0.15) is 0 Å². The lowest BCUT2D eigenvalue weighted by Gasteiger charge is -2.35. The van der Waals surface area contributed by atoms with Crippen molar-refractivity contribution in [1.82, 2.24) is 21.3 Å². The average Bonchev–Trinajstić information content (AvgIpc) is 3.26. The number of carbonyl (C=O) groups excluding carboxylic acids is 2. The molecule has 2 aromatic carbocycles. The lowest BCUT2D eigenvalue weighted by molar-refractivity contribution is -0.117. The third kappa shape index (κ3) is 4.14. The van der Waals surface area contributed by atoms with Crippen LogP contribution < -0.4 is 30.9 Å². The quantitative estimate of drug-likeness (QED) is 0.497. The smallest absolute Gasteiger partial charge is 0.331 e. The van der Waals surface area contributed by atoms with Gasteiger partial charge in [0.25, 0.3) is 5.91 Å². The van der Waals surface area contributed by atoms with Crippen LogP contribution in [0.3, 0.4) is 0 Å². The number of para-hydroxylation sites is 1. The lowest BCUT2D eigenvalue weighted by atomic mass is 10.0. The van der Waals surface area contributed by atoms with Crippen molar-refractivity contribution in [2.75, 3.05) is 18.0 Å². The van der Waals surface area contributed by atoms with Crippen LogP contribution >= 0.6 is 11.8 Å². The van der Waals surface area contributed by atoms with Gasteiger partial charge in [0.2, 0.25) is 0 Å². The number of thioether (sulfide) groups is 1. The molecule has 4 aliphatic heterocycles. The SMILES string of the molecule is Cc1cc(Oc2ccccc2)ccc1N1C(=O)NC2=C(C(=O)N[C@@H]3CCCNC3)SC3NC=CC1=C23. The molecule has 0 aromatic heterocycles. The van der Waals surface area contributed by atoms with E-state index in [1.807, 2.05) is 67.7 Å². The molecule has 2 aromatic rings. The first-order valence-corrected chi connectivity index (χ1v) is 13.0. The fourth-order valence-electron chi connectivity index (χ4n) is 4.96. The van der Waals surface area contributed by atoms with E-state index in [1.165, 1.54) is 11.8 Å². The summed E-state index contributed by atoms with van der Waals surface area (Å²) in [7, 11) is 0. The van der Waals surface area contributed by atoms with Crippen LogP contribution in [-0.2, 0) is 4.79 Å². The molecule has 184 valence electrons. The Labute approximate surface area is 213 Å². The van der Waals surface area contributed by atoms with E-state index in [-0.39, 0.29) is 23.4 Å². The van der Waals surface area contributed by atoms with Gasteiger partial charge in [-0.15, -0.1) is 0 Å². The van der Waals surface area contributed by atoms with Crippen molar-refractivity contribution in [2.45, 2.75) is 31.2 Å². The van der Waals surface area contributed by atoms with Crippen molar-refractivity contribution < 1.29 is 14.3 Å². The van der Waals surface area contributed by atoms with E-state index < -0.39 is 0 Å². The van der Waals surface area contributed by atoms with Gasteiger partial charge in [0.15, 0.2) is 0 Å². The molecule has 4 heterocycles. The number of benzene rings is 2. The van der Waals surface area contributed by atoms with Gasteiger partial charge in [-0.1, -0.05) is 30.0 Å². The Kier molecular flexibility index (Phi) is 5.94. The van der Waals surface area contributed by atoms with E-state index in [0.717, 1.165) is 54.2 Å². The highest BCUT2D eigenvalue weighted by Gasteiger charge is 2.43. The topological polar surface area (TPSA) is 94.7 Å². The molecular weight excluding hydrogens is 474 g/mol. The predicted molar refractivity (Wildman–Crippen MR) is 140 cm³/mol. The number of rotatable bonds is 5. The molecule has 0 aliphatic carbocycles. The number of hydrogen-bond acceptors (Lipinski definition) is 6. The summed E-state index contributed by atoms with van der Waals surface area (Å²) in [6, 6.07) is 15.1. The Morgan fingerprint density at radius 3 is 2.81 bits per heavy atom. The minimum atomic E-state index is -0.291. The fourth-order valence-corrected chi connectivity index (χ4v) is 6.15. The minimum Gasteiger partial charge on any atom is -0.457 e. The van der Waals surface area contributed by atoms with Crippen molar-refractivity contribution in [2.24, 2.45) is 0 Å². The molecule has 0 bridgehead atoms. The molecule has 4 aliphatic rings. The van der Waals surface area contributed by atoms with E-state index in [4.69, 9.17) is 4.74 Å². The summed E-state index contributed by atoms with van der Waals surface area (Å²) in [4.78, 5) is 28.8. The monoisotopic (exact) mass is 501 g/mol. The van der Waals surface area contributed by atoms with Crippen LogP contribution in [0.15, 0.2) is 82.7 Å². The Morgan fingerprint density at radius 2 is 2.03 bits per heavy atom.